The summed E-state index contributed by atoms with van der Waals surface area (Å²) in [5, 5.41) is 9.30. The molecule has 0 unspecified atom stereocenters. The van der Waals surface area contributed by atoms with Crippen LogP contribution < -0.4 is 5.56 Å². The summed E-state index contributed by atoms with van der Waals surface area (Å²) in [6.07, 6.45) is 3.19. The Balaban J connectivity index is 2.22. The third-order valence-electron chi connectivity index (χ3n) is 4.07. The van der Waals surface area contributed by atoms with Gasteiger partial charge in [-0.1, -0.05) is 41.9 Å². The van der Waals surface area contributed by atoms with Gasteiger partial charge in [-0.3, -0.25) is 9.36 Å². The van der Waals surface area contributed by atoms with E-state index in [2.05, 4.69) is 10.2 Å². The Bertz CT molecular complexity index is 1100. The van der Waals surface area contributed by atoms with Gasteiger partial charge in [-0.2, -0.15) is 0 Å². The number of nitrogens with zero attached hydrogens (tertiary/aromatic N) is 4. The molecule has 6 heteroatoms. The van der Waals surface area contributed by atoms with E-state index >= 15 is 0 Å². The van der Waals surface area contributed by atoms with Gasteiger partial charge >= 0.3 is 0 Å². The van der Waals surface area contributed by atoms with Gasteiger partial charge in [0.2, 0.25) is 0 Å². The monoisotopic (exact) mass is 336 g/mol. The van der Waals surface area contributed by atoms with Crippen molar-refractivity contribution in [1.82, 2.24) is 19.3 Å². The van der Waals surface area contributed by atoms with Crippen molar-refractivity contribution < 1.29 is 0 Å². The molecule has 0 amide bonds. The molecule has 0 atom stereocenters. The van der Waals surface area contributed by atoms with Crippen LogP contribution in [0.4, 0.5) is 0 Å². The van der Waals surface area contributed by atoms with Crippen molar-refractivity contribution in [2.24, 2.45) is 7.05 Å². The van der Waals surface area contributed by atoms with Crippen molar-refractivity contribution in [3.05, 3.63) is 76.6 Å². The molecule has 0 aliphatic carbocycles. The first-order valence-electron chi connectivity index (χ1n) is 7.39. The summed E-state index contributed by atoms with van der Waals surface area (Å²) in [4.78, 5) is 13.1. The summed E-state index contributed by atoms with van der Waals surface area (Å²) in [7, 11) is 1.77. The molecule has 4 aromatic rings. The second-order valence-electron chi connectivity index (χ2n) is 5.48. The zero-order valence-corrected chi connectivity index (χ0v) is 13.6. The fourth-order valence-corrected chi connectivity index (χ4v) is 3.16. The maximum absolute atomic E-state index is 13.1. The van der Waals surface area contributed by atoms with Crippen LogP contribution in [0.25, 0.3) is 27.7 Å². The zero-order chi connectivity index (χ0) is 16.7. The van der Waals surface area contributed by atoms with Crippen molar-refractivity contribution in [2.75, 3.05) is 0 Å². The smallest absolute Gasteiger partial charge is 0.260 e. The molecule has 0 saturated heterocycles. The Morgan fingerprint density at radius 2 is 1.75 bits per heavy atom. The minimum Gasteiger partial charge on any atom is -0.311 e. The number of hydrogen-bond acceptors (Lipinski definition) is 3. The molecule has 0 aliphatic heterocycles. The molecule has 0 saturated carbocycles. The molecule has 0 spiro atoms. The summed E-state index contributed by atoms with van der Waals surface area (Å²) in [5.74, 6) is 0. The first-order chi connectivity index (χ1) is 11.7. The largest absolute Gasteiger partial charge is 0.311 e. The molecule has 2 aromatic heterocycles. The van der Waals surface area contributed by atoms with Crippen LogP contribution >= 0.6 is 11.6 Å². The topological polar surface area (TPSA) is 52.7 Å². The standard InChI is InChI=1S/C18H13ClN4O/c1-22-15-8-3-2-7-14(15)17(23-10-20-21-11-23)16(18(22)24)12-5-4-6-13(19)9-12/h2-11H,1H3. The number of halogens is 1. The minimum absolute atomic E-state index is 0.0975. The predicted octanol–water partition coefficient (Wildman–Crippen LogP) is 3.44. The predicted molar refractivity (Wildman–Crippen MR) is 94.6 cm³/mol. The average Bonchev–Trinajstić information content (AvgIpc) is 3.12. The van der Waals surface area contributed by atoms with Crippen molar-refractivity contribution in [2.45, 2.75) is 0 Å². The molecule has 5 nitrogen and oxygen atoms in total. The number of aromatic nitrogens is 4. The number of benzene rings is 2. The van der Waals surface area contributed by atoms with Gasteiger partial charge in [-0.25, -0.2) is 0 Å². The van der Waals surface area contributed by atoms with E-state index in [1.54, 1.807) is 41.0 Å². The number of hydrogen-bond donors (Lipinski definition) is 0. The highest BCUT2D eigenvalue weighted by Crippen LogP contribution is 2.31. The molecule has 2 aromatic carbocycles. The van der Waals surface area contributed by atoms with E-state index in [0.29, 0.717) is 10.6 Å². The van der Waals surface area contributed by atoms with Gasteiger partial charge in [0.25, 0.3) is 5.56 Å². The van der Waals surface area contributed by atoms with Crippen molar-refractivity contribution in [1.29, 1.82) is 0 Å². The lowest BCUT2D eigenvalue weighted by Crippen LogP contribution is -2.21. The van der Waals surface area contributed by atoms with Gasteiger partial charge in [0.05, 0.1) is 16.8 Å². The molecular formula is C18H13ClN4O. The Kier molecular flexibility index (Phi) is 3.43. The minimum atomic E-state index is -0.0975. The van der Waals surface area contributed by atoms with Gasteiger partial charge in [-0.15, -0.1) is 10.2 Å². The highest BCUT2D eigenvalue weighted by atomic mass is 35.5. The molecule has 2 heterocycles. The van der Waals surface area contributed by atoms with Crippen LogP contribution in [0.3, 0.4) is 0 Å². The van der Waals surface area contributed by atoms with Gasteiger partial charge in [-0.05, 0) is 23.8 Å². The lowest BCUT2D eigenvalue weighted by molar-refractivity contribution is 0.900. The molecule has 0 bridgehead atoms. The van der Waals surface area contributed by atoms with E-state index in [4.69, 9.17) is 11.6 Å². The lowest BCUT2D eigenvalue weighted by atomic mass is 10.0. The normalized spacial score (nSPS) is 11.1. The second kappa shape index (κ2) is 5.62. The highest BCUT2D eigenvalue weighted by Gasteiger charge is 2.18. The van der Waals surface area contributed by atoms with E-state index in [0.717, 1.165) is 22.2 Å². The zero-order valence-electron chi connectivity index (χ0n) is 12.8. The van der Waals surface area contributed by atoms with Crippen LogP contribution in [0.15, 0.2) is 66.0 Å². The fourth-order valence-electron chi connectivity index (χ4n) is 2.97. The highest BCUT2D eigenvalue weighted by molar-refractivity contribution is 6.30. The summed E-state index contributed by atoms with van der Waals surface area (Å²) >= 11 is 6.14. The number of rotatable bonds is 2. The fraction of sp³-hybridized carbons (Fsp3) is 0.0556. The summed E-state index contributed by atoms with van der Waals surface area (Å²) in [6, 6.07) is 15.1. The molecule has 0 N–H and O–H groups in total. The quantitative estimate of drug-likeness (QED) is 0.563. The van der Waals surface area contributed by atoms with Gasteiger partial charge in [0.1, 0.15) is 12.7 Å². The Morgan fingerprint density at radius 3 is 2.50 bits per heavy atom. The van der Waals surface area contributed by atoms with E-state index in [1.165, 1.54) is 0 Å². The first-order valence-corrected chi connectivity index (χ1v) is 7.77. The maximum Gasteiger partial charge on any atom is 0.260 e. The van der Waals surface area contributed by atoms with Gasteiger partial charge < -0.3 is 4.57 Å². The SMILES string of the molecule is Cn1c(=O)c(-c2cccc(Cl)c2)c(-n2cnnc2)c2ccccc21. The van der Waals surface area contributed by atoms with Crippen LogP contribution in [-0.2, 0) is 7.05 Å². The average molecular weight is 337 g/mol. The van der Waals surface area contributed by atoms with Crippen LogP contribution in [0, 0.1) is 0 Å². The van der Waals surface area contributed by atoms with E-state index < -0.39 is 0 Å². The van der Waals surface area contributed by atoms with E-state index in [1.807, 2.05) is 36.4 Å². The summed E-state index contributed by atoms with van der Waals surface area (Å²) in [6.45, 7) is 0. The number of pyridine rings is 1. The third kappa shape index (κ3) is 2.21. The first kappa shape index (κ1) is 14.7. The lowest BCUT2D eigenvalue weighted by Gasteiger charge is -2.16. The molecule has 118 valence electrons. The van der Waals surface area contributed by atoms with E-state index in [9.17, 15) is 4.79 Å². The molecule has 24 heavy (non-hydrogen) atoms. The number of fused-ring (bicyclic) bond motifs is 1. The van der Waals surface area contributed by atoms with Crippen molar-refractivity contribution >= 4 is 22.5 Å². The van der Waals surface area contributed by atoms with Gasteiger partial charge in [0, 0.05) is 17.5 Å². The van der Waals surface area contributed by atoms with Gasteiger partial charge in [0.15, 0.2) is 0 Å². The summed E-state index contributed by atoms with van der Waals surface area (Å²) < 4.78 is 3.42. The van der Waals surface area contributed by atoms with Crippen molar-refractivity contribution in [3.63, 3.8) is 0 Å². The van der Waals surface area contributed by atoms with Crippen LogP contribution in [0.2, 0.25) is 5.02 Å². The molecule has 0 aliphatic rings. The molecule has 0 radical (unpaired) electrons. The van der Waals surface area contributed by atoms with Crippen molar-refractivity contribution in [3.8, 4) is 16.8 Å². The van der Waals surface area contributed by atoms with Crippen LogP contribution in [0.5, 0.6) is 0 Å². The summed E-state index contributed by atoms with van der Waals surface area (Å²) in [5.41, 5.74) is 2.83. The Hall–Kier alpha value is -2.92. The van der Waals surface area contributed by atoms with Crippen LogP contribution in [-0.4, -0.2) is 19.3 Å². The maximum atomic E-state index is 13.1. The number of aryl methyl sites for hydroxylation is 1. The molecule has 4 rings (SSSR count). The Labute approximate surface area is 142 Å². The number of para-hydroxylation sites is 1. The second-order valence-corrected chi connectivity index (χ2v) is 5.92. The Morgan fingerprint density at radius 1 is 1.00 bits per heavy atom. The van der Waals surface area contributed by atoms with E-state index in [-0.39, 0.29) is 5.56 Å². The van der Waals surface area contributed by atoms with Crippen LogP contribution in [0.1, 0.15) is 0 Å². The molecular weight excluding hydrogens is 324 g/mol. The third-order valence-corrected chi connectivity index (χ3v) is 4.30. The molecule has 0 fully saturated rings.